The average molecular weight is 400 g/mol. The van der Waals surface area contributed by atoms with Crippen LogP contribution >= 0.6 is 0 Å². The van der Waals surface area contributed by atoms with E-state index in [0.717, 1.165) is 47.5 Å². The predicted octanol–water partition coefficient (Wildman–Crippen LogP) is 3.81. The van der Waals surface area contributed by atoms with Gasteiger partial charge in [-0.2, -0.15) is 5.10 Å². The molecule has 0 bridgehead atoms. The molecule has 4 aromatic rings. The van der Waals surface area contributed by atoms with E-state index in [1.807, 2.05) is 18.5 Å². The number of aromatic nitrogens is 7. The second-order valence-corrected chi connectivity index (χ2v) is 7.74. The van der Waals surface area contributed by atoms with Gasteiger partial charge in [0.05, 0.1) is 12.0 Å². The molecule has 1 aliphatic rings. The first-order chi connectivity index (χ1) is 14.7. The van der Waals surface area contributed by atoms with E-state index in [-0.39, 0.29) is 6.04 Å². The van der Waals surface area contributed by atoms with Crippen molar-refractivity contribution >= 4 is 23.1 Å². The SMILES string of the molecule is CC(C)n1cnc2c(NCCc3n[nH]c4c3C=CCC4)nc(-c3cccnc3)nc21. The minimum Gasteiger partial charge on any atom is -0.368 e. The number of aromatic amines is 1. The zero-order valence-corrected chi connectivity index (χ0v) is 17.1. The largest absolute Gasteiger partial charge is 0.368 e. The maximum absolute atomic E-state index is 4.79. The molecular formula is C22H24N8. The molecule has 8 heteroatoms. The standard InChI is InChI=1S/C22H24N8/c1-14(2)30-13-25-19-21(26-20(27-22(19)30)15-6-5-10-23-12-15)24-11-9-18-16-7-3-4-8-17(16)28-29-18/h3,5-7,10,12-14H,4,8-9,11H2,1-2H3,(H,28,29)(H,24,26,27). The highest BCUT2D eigenvalue weighted by atomic mass is 15.2. The number of rotatable bonds is 6. The summed E-state index contributed by atoms with van der Waals surface area (Å²) in [5.41, 5.74) is 6.02. The molecule has 0 amide bonds. The lowest BCUT2D eigenvalue weighted by Gasteiger charge is -2.11. The molecule has 4 aromatic heterocycles. The quantitative estimate of drug-likeness (QED) is 0.511. The second kappa shape index (κ2) is 7.70. The van der Waals surface area contributed by atoms with Crippen LogP contribution in [0.4, 0.5) is 5.82 Å². The summed E-state index contributed by atoms with van der Waals surface area (Å²) in [7, 11) is 0. The highest BCUT2D eigenvalue weighted by Gasteiger charge is 2.17. The Morgan fingerprint density at radius 2 is 2.20 bits per heavy atom. The second-order valence-electron chi connectivity index (χ2n) is 7.74. The van der Waals surface area contributed by atoms with E-state index in [4.69, 9.17) is 9.97 Å². The van der Waals surface area contributed by atoms with E-state index < -0.39 is 0 Å². The van der Waals surface area contributed by atoms with E-state index >= 15 is 0 Å². The topological polar surface area (TPSA) is 97.2 Å². The van der Waals surface area contributed by atoms with Crippen LogP contribution < -0.4 is 5.32 Å². The Hall–Kier alpha value is -3.55. The summed E-state index contributed by atoms with van der Waals surface area (Å²) in [4.78, 5) is 18.4. The number of nitrogens with one attached hydrogen (secondary N) is 2. The number of imidazole rings is 1. The van der Waals surface area contributed by atoms with Crippen LogP contribution in [0, 0.1) is 0 Å². The highest BCUT2D eigenvalue weighted by molar-refractivity contribution is 5.85. The first-order valence-electron chi connectivity index (χ1n) is 10.3. The van der Waals surface area contributed by atoms with Gasteiger partial charge in [0, 0.05) is 48.2 Å². The van der Waals surface area contributed by atoms with Crippen molar-refractivity contribution in [1.82, 2.24) is 34.7 Å². The summed E-state index contributed by atoms with van der Waals surface area (Å²) in [5, 5.41) is 11.2. The Morgan fingerprint density at radius 1 is 1.27 bits per heavy atom. The summed E-state index contributed by atoms with van der Waals surface area (Å²) in [5.74, 6) is 1.37. The van der Waals surface area contributed by atoms with Gasteiger partial charge in [0.1, 0.15) is 5.52 Å². The van der Waals surface area contributed by atoms with Crippen molar-refractivity contribution in [2.24, 2.45) is 0 Å². The fourth-order valence-electron chi connectivity index (χ4n) is 3.78. The number of allylic oxidation sites excluding steroid dienone is 1. The summed E-state index contributed by atoms with van der Waals surface area (Å²) in [6.45, 7) is 4.95. The van der Waals surface area contributed by atoms with Gasteiger partial charge in [-0.05, 0) is 38.8 Å². The predicted molar refractivity (Wildman–Crippen MR) is 117 cm³/mol. The van der Waals surface area contributed by atoms with Gasteiger partial charge in [0.2, 0.25) is 0 Å². The van der Waals surface area contributed by atoms with Crippen molar-refractivity contribution in [2.75, 3.05) is 11.9 Å². The first kappa shape index (κ1) is 18.5. The van der Waals surface area contributed by atoms with E-state index in [1.165, 1.54) is 11.3 Å². The van der Waals surface area contributed by atoms with E-state index in [2.05, 4.69) is 56.0 Å². The summed E-state index contributed by atoms with van der Waals surface area (Å²) >= 11 is 0. The number of fused-ring (bicyclic) bond motifs is 2. The van der Waals surface area contributed by atoms with Gasteiger partial charge in [-0.3, -0.25) is 10.1 Å². The van der Waals surface area contributed by atoms with Crippen LogP contribution in [-0.2, 0) is 12.8 Å². The molecule has 0 aromatic carbocycles. The molecule has 5 rings (SSSR count). The number of anilines is 1. The molecule has 0 spiro atoms. The van der Waals surface area contributed by atoms with Gasteiger partial charge in [0.15, 0.2) is 17.3 Å². The third-order valence-corrected chi connectivity index (χ3v) is 5.36. The van der Waals surface area contributed by atoms with Gasteiger partial charge in [-0.15, -0.1) is 0 Å². The normalized spacial score (nSPS) is 13.2. The maximum atomic E-state index is 4.79. The molecule has 2 N–H and O–H groups in total. The van der Waals surface area contributed by atoms with Crippen molar-refractivity contribution in [3.63, 3.8) is 0 Å². The highest BCUT2D eigenvalue weighted by Crippen LogP contribution is 2.26. The van der Waals surface area contributed by atoms with E-state index in [1.54, 1.807) is 12.4 Å². The molecule has 152 valence electrons. The minimum absolute atomic E-state index is 0.252. The van der Waals surface area contributed by atoms with E-state index in [9.17, 15) is 0 Å². The van der Waals surface area contributed by atoms with Crippen molar-refractivity contribution in [3.05, 3.63) is 53.9 Å². The first-order valence-corrected chi connectivity index (χ1v) is 10.3. The smallest absolute Gasteiger partial charge is 0.166 e. The number of nitrogens with zero attached hydrogens (tertiary/aromatic N) is 6. The molecule has 0 atom stereocenters. The lowest BCUT2D eigenvalue weighted by Crippen LogP contribution is -2.10. The monoisotopic (exact) mass is 400 g/mol. The third kappa shape index (κ3) is 3.34. The molecule has 0 unspecified atom stereocenters. The lowest BCUT2D eigenvalue weighted by molar-refractivity contribution is 0.613. The maximum Gasteiger partial charge on any atom is 0.166 e. The molecule has 0 radical (unpaired) electrons. The van der Waals surface area contributed by atoms with Gasteiger partial charge in [-0.25, -0.2) is 15.0 Å². The molecule has 0 fully saturated rings. The van der Waals surface area contributed by atoms with Crippen LogP contribution in [0.2, 0.25) is 0 Å². The van der Waals surface area contributed by atoms with Crippen molar-refractivity contribution in [2.45, 2.75) is 39.2 Å². The average Bonchev–Trinajstić information content (AvgIpc) is 3.39. The van der Waals surface area contributed by atoms with E-state index in [0.29, 0.717) is 12.4 Å². The zero-order valence-electron chi connectivity index (χ0n) is 17.1. The fraction of sp³-hybridized carbons (Fsp3) is 0.318. The lowest BCUT2D eigenvalue weighted by atomic mass is 10.0. The van der Waals surface area contributed by atoms with Crippen LogP contribution in [0.15, 0.2) is 36.9 Å². The Morgan fingerprint density at radius 3 is 3.03 bits per heavy atom. The van der Waals surface area contributed by atoms with Crippen LogP contribution in [-0.4, -0.2) is 41.2 Å². The van der Waals surface area contributed by atoms with Crippen molar-refractivity contribution in [1.29, 1.82) is 0 Å². The Balaban J connectivity index is 1.46. The molecule has 4 heterocycles. The number of hydrogen-bond donors (Lipinski definition) is 2. The Bertz CT molecular complexity index is 1200. The summed E-state index contributed by atoms with van der Waals surface area (Å²) < 4.78 is 2.07. The number of H-pyrrole nitrogens is 1. The molecule has 8 nitrogen and oxygen atoms in total. The molecule has 0 aliphatic heterocycles. The van der Waals surface area contributed by atoms with Gasteiger partial charge in [0.25, 0.3) is 0 Å². The summed E-state index contributed by atoms with van der Waals surface area (Å²) in [6, 6.07) is 4.11. The minimum atomic E-state index is 0.252. The van der Waals surface area contributed by atoms with Crippen LogP contribution in [0.5, 0.6) is 0 Å². The number of hydrogen-bond acceptors (Lipinski definition) is 6. The van der Waals surface area contributed by atoms with Crippen molar-refractivity contribution < 1.29 is 0 Å². The molecule has 30 heavy (non-hydrogen) atoms. The molecule has 1 aliphatic carbocycles. The Kier molecular flexibility index (Phi) is 4.74. The molecule has 0 saturated heterocycles. The summed E-state index contributed by atoms with van der Waals surface area (Å²) in [6.07, 6.45) is 12.6. The van der Waals surface area contributed by atoms with Gasteiger partial charge >= 0.3 is 0 Å². The zero-order chi connectivity index (χ0) is 20.5. The fourth-order valence-corrected chi connectivity index (χ4v) is 3.78. The molecular weight excluding hydrogens is 376 g/mol. The number of pyridine rings is 1. The van der Waals surface area contributed by atoms with Crippen LogP contribution in [0.1, 0.15) is 43.3 Å². The third-order valence-electron chi connectivity index (χ3n) is 5.36. The molecule has 0 saturated carbocycles. The van der Waals surface area contributed by atoms with Crippen LogP contribution in [0.25, 0.3) is 28.6 Å². The van der Waals surface area contributed by atoms with Gasteiger partial charge < -0.3 is 9.88 Å². The number of aryl methyl sites for hydroxylation is 1. The van der Waals surface area contributed by atoms with Gasteiger partial charge in [-0.1, -0.05) is 12.2 Å². The Labute approximate surface area is 174 Å². The van der Waals surface area contributed by atoms with Crippen LogP contribution in [0.3, 0.4) is 0 Å². The van der Waals surface area contributed by atoms with Crippen molar-refractivity contribution in [3.8, 4) is 11.4 Å².